The predicted molar refractivity (Wildman–Crippen MR) is 98.3 cm³/mol. The van der Waals surface area contributed by atoms with Crippen molar-refractivity contribution in [3.8, 4) is 11.8 Å². The lowest BCUT2D eigenvalue weighted by Gasteiger charge is -2.13. The summed E-state index contributed by atoms with van der Waals surface area (Å²) in [5, 5.41) is 18.2. The second-order valence-corrected chi connectivity index (χ2v) is 6.28. The average Bonchev–Trinajstić information content (AvgIpc) is 2.63. The molecule has 126 valence electrons. The number of fused-ring (bicyclic) bond motifs is 2. The monoisotopic (exact) mass is 341 g/mol. The van der Waals surface area contributed by atoms with E-state index in [1.54, 1.807) is 16.8 Å². The molecule has 0 unspecified atom stereocenters. The molecule has 0 aliphatic carbocycles. The van der Waals surface area contributed by atoms with E-state index in [0.717, 1.165) is 11.1 Å². The van der Waals surface area contributed by atoms with Crippen molar-refractivity contribution < 1.29 is 0 Å². The molecular weight excluding hydrogens is 326 g/mol. The van der Waals surface area contributed by atoms with Crippen LogP contribution in [0, 0.1) is 30.6 Å². The van der Waals surface area contributed by atoms with Crippen molar-refractivity contribution in [1.82, 2.24) is 14.0 Å². The topological polar surface area (TPSA) is 86.9 Å². The molecule has 0 atom stereocenters. The van der Waals surface area contributed by atoms with Gasteiger partial charge in [-0.25, -0.2) is 4.98 Å². The molecule has 0 bridgehead atoms. The quantitative estimate of drug-likeness (QED) is 0.540. The molecule has 0 aliphatic heterocycles. The number of nitrogens with zero attached hydrogens (tertiary/aromatic N) is 4. The summed E-state index contributed by atoms with van der Waals surface area (Å²) in [4.78, 5) is 17.6. The van der Waals surface area contributed by atoms with E-state index in [-0.39, 0.29) is 16.6 Å². The van der Waals surface area contributed by atoms with Crippen LogP contribution in [0.5, 0.6) is 0 Å². The standard InChI is InChI=1S/C20H15N5O/c1-12-3-6-15(7-4-12)25-18(22)14(10-21)9-16-19(25)23-17-8-5-13(2)11-24(17)20(16)26/h3-9,11,22H,1-2H3. The van der Waals surface area contributed by atoms with E-state index in [1.165, 1.54) is 10.5 Å². The van der Waals surface area contributed by atoms with Gasteiger partial charge in [-0.3, -0.25) is 19.2 Å². The molecule has 0 saturated heterocycles. The molecule has 4 aromatic rings. The summed E-state index contributed by atoms with van der Waals surface area (Å²) in [5.74, 6) is 0. The minimum atomic E-state index is -0.258. The normalized spacial score (nSPS) is 11.0. The second-order valence-electron chi connectivity index (χ2n) is 6.28. The molecule has 6 heteroatoms. The van der Waals surface area contributed by atoms with Gasteiger partial charge in [0.25, 0.3) is 5.56 Å². The van der Waals surface area contributed by atoms with Crippen LogP contribution in [-0.2, 0) is 0 Å². The molecule has 1 N–H and O–H groups in total. The summed E-state index contributed by atoms with van der Waals surface area (Å²) in [7, 11) is 0. The van der Waals surface area contributed by atoms with Crippen LogP contribution in [0.25, 0.3) is 22.4 Å². The Bertz CT molecular complexity index is 1340. The lowest BCUT2D eigenvalue weighted by Crippen LogP contribution is -2.26. The van der Waals surface area contributed by atoms with Gasteiger partial charge >= 0.3 is 0 Å². The van der Waals surface area contributed by atoms with Crippen molar-refractivity contribution in [2.45, 2.75) is 13.8 Å². The minimum Gasteiger partial charge on any atom is -0.283 e. The van der Waals surface area contributed by atoms with Gasteiger partial charge in [-0.15, -0.1) is 0 Å². The molecule has 3 aromatic heterocycles. The Balaban J connectivity index is 2.25. The first-order chi connectivity index (χ1) is 12.5. The molecule has 0 radical (unpaired) electrons. The van der Waals surface area contributed by atoms with Crippen LogP contribution in [0.4, 0.5) is 0 Å². The zero-order valence-electron chi connectivity index (χ0n) is 14.3. The van der Waals surface area contributed by atoms with E-state index in [0.29, 0.717) is 22.4 Å². The zero-order chi connectivity index (χ0) is 18.4. The molecule has 0 aliphatic rings. The summed E-state index contributed by atoms with van der Waals surface area (Å²) < 4.78 is 3.02. The van der Waals surface area contributed by atoms with Gasteiger partial charge in [0.05, 0.1) is 10.9 Å². The fraction of sp³-hybridized carbons (Fsp3) is 0.100. The lowest BCUT2D eigenvalue weighted by atomic mass is 10.2. The highest BCUT2D eigenvalue weighted by Gasteiger charge is 2.14. The van der Waals surface area contributed by atoms with Crippen LogP contribution >= 0.6 is 0 Å². The van der Waals surface area contributed by atoms with E-state index in [4.69, 9.17) is 5.41 Å². The van der Waals surface area contributed by atoms with Gasteiger partial charge in [0.15, 0.2) is 5.65 Å². The first kappa shape index (κ1) is 15.8. The maximum Gasteiger partial charge on any atom is 0.267 e. The van der Waals surface area contributed by atoms with E-state index in [2.05, 4.69) is 4.98 Å². The fourth-order valence-electron chi connectivity index (χ4n) is 3.01. The summed E-state index contributed by atoms with van der Waals surface area (Å²) >= 11 is 0. The van der Waals surface area contributed by atoms with Crippen LogP contribution < -0.4 is 11.0 Å². The Labute approximate surface area is 148 Å². The first-order valence-electron chi connectivity index (χ1n) is 8.10. The lowest BCUT2D eigenvalue weighted by molar-refractivity contribution is 0.928. The van der Waals surface area contributed by atoms with Crippen molar-refractivity contribution in [1.29, 1.82) is 10.7 Å². The van der Waals surface area contributed by atoms with Crippen LogP contribution in [0.2, 0.25) is 0 Å². The number of benzene rings is 1. The maximum absolute atomic E-state index is 13.0. The summed E-state index contributed by atoms with van der Waals surface area (Å²) in [6.07, 6.45) is 1.72. The number of hydrogen-bond acceptors (Lipinski definition) is 4. The highest BCUT2D eigenvalue weighted by molar-refractivity contribution is 5.79. The third-order valence-corrected chi connectivity index (χ3v) is 4.38. The maximum atomic E-state index is 13.0. The smallest absolute Gasteiger partial charge is 0.267 e. The van der Waals surface area contributed by atoms with Crippen LogP contribution in [0.1, 0.15) is 16.7 Å². The van der Waals surface area contributed by atoms with E-state index < -0.39 is 0 Å². The Morgan fingerprint density at radius 3 is 2.46 bits per heavy atom. The highest BCUT2D eigenvalue weighted by atomic mass is 16.1. The minimum absolute atomic E-state index is 0.00668. The van der Waals surface area contributed by atoms with Gasteiger partial charge in [0.2, 0.25) is 0 Å². The largest absolute Gasteiger partial charge is 0.283 e. The Kier molecular flexibility index (Phi) is 3.44. The number of pyridine rings is 2. The van der Waals surface area contributed by atoms with Crippen molar-refractivity contribution in [2.24, 2.45) is 0 Å². The van der Waals surface area contributed by atoms with Crippen molar-refractivity contribution >= 4 is 16.7 Å². The molecule has 0 amide bonds. The summed E-state index contributed by atoms with van der Waals surface area (Å²) in [6, 6.07) is 14.7. The molecule has 0 fully saturated rings. The molecule has 6 nitrogen and oxygen atoms in total. The van der Waals surface area contributed by atoms with Gasteiger partial charge in [0, 0.05) is 11.9 Å². The van der Waals surface area contributed by atoms with E-state index >= 15 is 0 Å². The molecule has 26 heavy (non-hydrogen) atoms. The number of aromatic nitrogens is 3. The molecule has 1 aromatic carbocycles. The fourth-order valence-corrected chi connectivity index (χ4v) is 3.01. The zero-order valence-corrected chi connectivity index (χ0v) is 14.3. The molecule has 4 rings (SSSR count). The number of nitriles is 1. The third-order valence-electron chi connectivity index (χ3n) is 4.38. The summed E-state index contributed by atoms with van der Waals surface area (Å²) in [6.45, 7) is 3.87. The SMILES string of the molecule is Cc1ccc(-n2c(=N)c(C#N)cc3c(=O)n4cc(C)ccc4nc32)cc1. The predicted octanol–water partition coefficient (Wildman–Crippen LogP) is 2.61. The molecule has 0 spiro atoms. The van der Waals surface area contributed by atoms with E-state index in [9.17, 15) is 10.1 Å². The number of aryl methyl sites for hydroxylation is 2. The average molecular weight is 341 g/mol. The third kappa shape index (κ3) is 2.30. The molecular formula is C20H15N5O. The van der Waals surface area contributed by atoms with Crippen molar-refractivity contribution in [3.05, 3.63) is 81.2 Å². The van der Waals surface area contributed by atoms with Gasteiger partial charge in [-0.1, -0.05) is 23.8 Å². The Morgan fingerprint density at radius 2 is 1.77 bits per heavy atom. The van der Waals surface area contributed by atoms with Crippen LogP contribution in [0.15, 0.2) is 53.5 Å². The number of nitrogens with one attached hydrogen (secondary N) is 1. The first-order valence-corrected chi connectivity index (χ1v) is 8.10. The van der Waals surface area contributed by atoms with Crippen molar-refractivity contribution in [2.75, 3.05) is 0 Å². The van der Waals surface area contributed by atoms with Gasteiger partial charge in [-0.2, -0.15) is 5.26 Å². The number of hydrogen-bond donors (Lipinski definition) is 1. The van der Waals surface area contributed by atoms with Gasteiger partial charge in [-0.05, 0) is 43.7 Å². The van der Waals surface area contributed by atoms with Crippen LogP contribution in [0.3, 0.4) is 0 Å². The molecule has 3 heterocycles. The Morgan fingerprint density at radius 1 is 1.08 bits per heavy atom. The summed E-state index contributed by atoms with van der Waals surface area (Å²) in [5.41, 5.74) is 3.44. The Hall–Kier alpha value is -3.72. The molecule has 0 saturated carbocycles. The highest BCUT2D eigenvalue weighted by Crippen LogP contribution is 2.16. The van der Waals surface area contributed by atoms with E-state index in [1.807, 2.05) is 50.2 Å². The van der Waals surface area contributed by atoms with Crippen molar-refractivity contribution in [3.63, 3.8) is 0 Å². The van der Waals surface area contributed by atoms with Gasteiger partial charge in [0.1, 0.15) is 17.2 Å². The number of rotatable bonds is 1. The van der Waals surface area contributed by atoms with Gasteiger partial charge < -0.3 is 0 Å². The second kappa shape index (κ2) is 5.67. The van der Waals surface area contributed by atoms with Crippen LogP contribution in [-0.4, -0.2) is 14.0 Å².